The molecule has 2 N–H and O–H groups in total. The second kappa shape index (κ2) is 9.00. The number of fused-ring (bicyclic) bond motifs is 1. The van der Waals surface area contributed by atoms with Crippen LogP contribution in [0.2, 0.25) is 0 Å². The first-order valence-electron chi connectivity index (χ1n) is 10.4. The molecule has 3 aromatic rings. The minimum atomic E-state index is -0.882. The number of hydrogen-bond acceptors (Lipinski definition) is 5. The molecule has 0 bridgehead atoms. The fraction of sp³-hybridized carbons (Fsp3) is 0.292. The molecule has 1 aliphatic rings. The van der Waals surface area contributed by atoms with Crippen molar-refractivity contribution in [2.45, 2.75) is 39.5 Å². The quantitative estimate of drug-likeness (QED) is 0.426. The Hall–Kier alpha value is -3.39. The van der Waals surface area contributed by atoms with Crippen molar-refractivity contribution in [1.82, 2.24) is 9.99 Å². The number of carbonyl (C=O) groups is 2. The Morgan fingerprint density at radius 2 is 2.00 bits per heavy atom. The molecule has 2 aromatic heterocycles. The summed E-state index contributed by atoms with van der Waals surface area (Å²) < 4.78 is 7.13. The van der Waals surface area contributed by atoms with Crippen molar-refractivity contribution in [3.05, 3.63) is 68.9 Å². The summed E-state index contributed by atoms with van der Waals surface area (Å²) in [6.07, 6.45) is 5.46. The minimum Gasteiger partial charge on any atom is -0.497 e. The van der Waals surface area contributed by atoms with E-state index in [1.807, 2.05) is 24.5 Å². The first kappa shape index (κ1) is 21.8. The molecule has 7 nitrogen and oxygen atoms in total. The second-order valence-corrected chi connectivity index (χ2v) is 8.87. The average Bonchev–Trinajstić information content (AvgIpc) is 3.30. The summed E-state index contributed by atoms with van der Waals surface area (Å²) in [4.78, 5) is 25.6. The molecule has 0 spiro atoms. The van der Waals surface area contributed by atoms with E-state index in [1.165, 1.54) is 4.88 Å². The monoisotopic (exact) mass is 451 g/mol. The summed E-state index contributed by atoms with van der Waals surface area (Å²) in [5.74, 6) is -0.626. The number of nitrogens with zero attached hydrogens (tertiary/aromatic N) is 2. The van der Waals surface area contributed by atoms with E-state index < -0.39 is 5.97 Å². The van der Waals surface area contributed by atoms with Gasteiger partial charge in [-0.25, -0.2) is 10.2 Å². The van der Waals surface area contributed by atoms with Gasteiger partial charge in [0, 0.05) is 27.4 Å². The number of carbonyl (C=O) groups excluding carboxylic acids is 1. The molecule has 1 amide bonds. The average molecular weight is 452 g/mol. The van der Waals surface area contributed by atoms with Crippen LogP contribution in [0, 0.1) is 13.8 Å². The van der Waals surface area contributed by atoms with E-state index in [-0.39, 0.29) is 5.91 Å². The van der Waals surface area contributed by atoms with Crippen LogP contribution < -0.4 is 10.2 Å². The molecule has 0 saturated heterocycles. The van der Waals surface area contributed by atoms with Gasteiger partial charge < -0.3 is 14.4 Å². The number of methoxy groups -OCH3 is 1. The summed E-state index contributed by atoms with van der Waals surface area (Å²) in [7, 11) is 1.55. The van der Waals surface area contributed by atoms with Crippen molar-refractivity contribution in [3.63, 3.8) is 0 Å². The Kier molecular flexibility index (Phi) is 6.14. The van der Waals surface area contributed by atoms with Crippen LogP contribution in [-0.4, -0.2) is 34.9 Å². The molecular weight excluding hydrogens is 426 g/mol. The number of aromatic carboxylic acids is 1. The second-order valence-electron chi connectivity index (χ2n) is 7.79. The van der Waals surface area contributed by atoms with E-state index in [2.05, 4.69) is 10.5 Å². The van der Waals surface area contributed by atoms with Gasteiger partial charge in [0.2, 0.25) is 0 Å². The number of nitrogens with one attached hydrogen (secondary N) is 1. The van der Waals surface area contributed by atoms with Gasteiger partial charge in [-0.05, 0) is 69.4 Å². The SMILES string of the molecule is COc1cccc(C(=O)NN=Cc2cc(C)n(-c3sc4c(c3C(=O)O)CCCC4)c2C)c1. The number of carboxylic acid groups (broad SMARTS) is 1. The highest BCUT2D eigenvalue weighted by Gasteiger charge is 2.27. The molecule has 1 aliphatic carbocycles. The summed E-state index contributed by atoms with van der Waals surface area (Å²) in [5.41, 5.74) is 7.00. The number of aryl methyl sites for hydroxylation is 2. The topological polar surface area (TPSA) is 92.9 Å². The van der Waals surface area contributed by atoms with Crippen LogP contribution in [0.5, 0.6) is 5.75 Å². The normalized spacial score (nSPS) is 13.2. The largest absolute Gasteiger partial charge is 0.497 e. The summed E-state index contributed by atoms with van der Waals surface area (Å²) >= 11 is 1.57. The van der Waals surface area contributed by atoms with Crippen LogP contribution in [0.3, 0.4) is 0 Å². The van der Waals surface area contributed by atoms with Crippen molar-refractivity contribution >= 4 is 29.4 Å². The number of rotatable bonds is 6. The van der Waals surface area contributed by atoms with Crippen molar-refractivity contribution in [3.8, 4) is 10.8 Å². The smallest absolute Gasteiger partial charge is 0.339 e. The van der Waals surface area contributed by atoms with Crippen LogP contribution >= 0.6 is 11.3 Å². The number of carboxylic acids is 1. The number of hydrogen-bond donors (Lipinski definition) is 2. The summed E-state index contributed by atoms with van der Waals surface area (Å²) in [5, 5.41) is 14.8. The number of benzene rings is 1. The molecular formula is C24H25N3O4S. The van der Waals surface area contributed by atoms with Gasteiger partial charge in [-0.3, -0.25) is 4.79 Å². The number of thiophene rings is 1. The molecule has 8 heteroatoms. The third kappa shape index (κ3) is 4.05. The molecule has 0 atom stereocenters. The van der Waals surface area contributed by atoms with Crippen molar-refractivity contribution in [1.29, 1.82) is 0 Å². The van der Waals surface area contributed by atoms with Gasteiger partial charge in [-0.1, -0.05) is 6.07 Å². The summed E-state index contributed by atoms with van der Waals surface area (Å²) in [6.45, 7) is 3.88. The van der Waals surface area contributed by atoms with Crippen molar-refractivity contribution < 1.29 is 19.4 Å². The molecule has 0 unspecified atom stereocenters. The number of hydrazone groups is 1. The molecule has 0 saturated carbocycles. The lowest BCUT2D eigenvalue weighted by molar-refractivity contribution is 0.0695. The Morgan fingerprint density at radius 3 is 2.75 bits per heavy atom. The minimum absolute atomic E-state index is 0.340. The predicted molar refractivity (Wildman–Crippen MR) is 125 cm³/mol. The zero-order valence-electron chi connectivity index (χ0n) is 18.3. The molecule has 0 radical (unpaired) electrons. The van der Waals surface area contributed by atoms with Crippen LogP contribution in [0.25, 0.3) is 5.00 Å². The van der Waals surface area contributed by atoms with Gasteiger partial charge in [0.25, 0.3) is 5.91 Å². The molecule has 32 heavy (non-hydrogen) atoms. The van der Waals surface area contributed by atoms with E-state index in [1.54, 1.807) is 48.9 Å². The fourth-order valence-corrected chi connectivity index (χ4v) is 5.64. The first-order chi connectivity index (χ1) is 15.4. The maximum atomic E-state index is 12.4. The fourth-order valence-electron chi connectivity index (χ4n) is 4.15. The third-order valence-electron chi connectivity index (χ3n) is 5.74. The number of ether oxygens (including phenoxy) is 1. The van der Waals surface area contributed by atoms with E-state index in [9.17, 15) is 14.7 Å². The maximum Gasteiger partial charge on any atom is 0.339 e. The highest BCUT2D eigenvalue weighted by molar-refractivity contribution is 7.15. The zero-order valence-corrected chi connectivity index (χ0v) is 19.1. The van der Waals surface area contributed by atoms with Crippen LogP contribution in [0.4, 0.5) is 0 Å². The molecule has 4 rings (SSSR count). The van der Waals surface area contributed by atoms with E-state index in [0.717, 1.165) is 53.2 Å². The number of amides is 1. The van der Waals surface area contributed by atoms with Crippen LogP contribution in [0.15, 0.2) is 35.4 Å². The molecule has 0 aliphatic heterocycles. The lowest BCUT2D eigenvalue weighted by atomic mass is 9.95. The van der Waals surface area contributed by atoms with Crippen LogP contribution in [0.1, 0.15) is 60.9 Å². The van der Waals surface area contributed by atoms with Crippen LogP contribution in [-0.2, 0) is 12.8 Å². The predicted octanol–water partition coefficient (Wildman–Crippen LogP) is 4.51. The van der Waals surface area contributed by atoms with Gasteiger partial charge in [0.15, 0.2) is 0 Å². The highest BCUT2D eigenvalue weighted by atomic mass is 32.1. The Bertz CT molecular complexity index is 1220. The lowest BCUT2D eigenvalue weighted by Gasteiger charge is -2.11. The van der Waals surface area contributed by atoms with Gasteiger partial charge in [-0.15, -0.1) is 11.3 Å². The Morgan fingerprint density at radius 1 is 1.22 bits per heavy atom. The molecule has 166 valence electrons. The maximum absolute atomic E-state index is 12.4. The van der Waals surface area contributed by atoms with Crippen molar-refractivity contribution in [2.24, 2.45) is 5.10 Å². The lowest BCUT2D eigenvalue weighted by Crippen LogP contribution is -2.17. The first-order valence-corrected chi connectivity index (χ1v) is 11.3. The van der Waals surface area contributed by atoms with E-state index in [4.69, 9.17) is 4.74 Å². The number of aromatic nitrogens is 1. The van der Waals surface area contributed by atoms with Gasteiger partial charge in [-0.2, -0.15) is 5.10 Å². The Labute approximate surface area is 190 Å². The van der Waals surface area contributed by atoms with Gasteiger partial charge in [0.1, 0.15) is 10.8 Å². The van der Waals surface area contributed by atoms with Crippen molar-refractivity contribution in [2.75, 3.05) is 7.11 Å². The Balaban J connectivity index is 1.61. The van der Waals surface area contributed by atoms with E-state index >= 15 is 0 Å². The molecule has 0 fully saturated rings. The third-order valence-corrected chi connectivity index (χ3v) is 7.02. The van der Waals surface area contributed by atoms with Gasteiger partial charge in [0.05, 0.1) is 18.9 Å². The standard InChI is InChI=1S/C24H25N3O4S/c1-14-11-17(13-25-26-22(28)16-7-6-8-18(12-16)31-3)15(2)27(14)23-21(24(29)30)19-9-4-5-10-20(19)32-23/h6-8,11-13H,4-5,9-10H2,1-3H3,(H,26,28)(H,29,30). The molecule has 1 aromatic carbocycles. The molecule has 2 heterocycles. The highest BCUT2D eigenvalue weighted by Crippen LogP contribution is 2.38. The summed E-state index contributed by atoms with van der Waals surface area (Å²) in [6, 6.07) is 8.78. The van der Waals surface area contributed by atoms with Gasteiger partial charge >= 0.3 is 5.97 Å². The zero-order chi connectivity index (χ0) is 22.8. The van der Waals surface area contributed by atoms with E-state index in [0.29, 0.717) is 16.9 Å².